The molecular formula is C11H11NO2. The maximum Gasteiger partial charge on any atom is 0.166 e. The molecule has 3 heteroatoms. The quantitative estimate of drug-likeness (QED) is 0.671. The smallest absolute Gasteiger partial charge is 0.166 e. The van der Waals surface area contributed by atoms with Crippen LogP contribution in [0.2, 0.25) is 0 Å². The van der Waals surface area contributed by atoms with Crippen LogP contribution in [0.15, 0.2) is 30.3 Å². The van der Waals surface area contributed by atoms with Gasteiger partial charge in [-0.2, -0.15) is 0 Å². The van der Waals surface area contributed by atoms with Crippen molar-refractivity contribution in [2.45, 2.75) is 25.0 Å². The van der Waals surface area contributed by atoms with Gasteiger partial charge in [-0.3, -0.25) is 9.63 Å². The molecule has 2 atom stereocenters. The molecule has 1 saturated carbocycles. The number of anilines is 1. The first-order chi connectivity index (χ1) is 6.84. The van der Waals surface area contributed by atoms with E-state index in [1.165, 1.54) is 0 Å². The van der Waals surface area contributed by atoms with Gasteiger partial charge in [0, 0.05) is 12.8 Å². The normalized spacial score (nSPS) is 30.0. The predicted molar refractivity (Wildman–Crippen MR) is 51.8 cm³/mol. The maximum absolute atomic E-state index is 11.3. The van der Waals surface area contributed by atoms with Gasteiger partial charge in [0.25, 0.3) is 0 Å². The number of hydrogen-bond donors (Lipinski definition) is 0. The molecule has 1 aliphatic carbocycles. The highest BCUT2D eigenvalue weighted by Gasteiger charge is 2.45. The lowest BCUT2D eigenvalue weighted by Crippen LogP contribution is -2.35. The van der Waals surface area contributed by atoms with Gasteiger partial charge < -0.3 is 0 Å². The standard InChI is InChI=1S/C11H11NO2/c13-10-6-9-7-11(10)14-12(9)8-4-2-1-3-5-8/h1-5,9,11H,6-7H2. The Bertz CT molecular complexity index is 363. The number of carbonyl (C=O) groups excluding carboxylic acids is 1. The monoisotopic (exact) mass is 189 g/mol. The first-order valence-corrected chi connectivity index (χ1v) is 4.88. The number of nitrogens with zero attached hydrogens (tertiary/aromatic N) is 1. The van der Waals surface area contributed by atoms with Crippen molar-refractivity contribution in [3.05, 3.63) is 30.3 Å². The van der Waals surface area contributed by atoms with E-state index in [0.717, 1.165) is 12.1 Å². The number of carbonyl (C=O) groups is 1. The highest BCUT2D eigenvalue weighted by atomic mass is 16.7. The molecule has 1 aliphatic heterocycles. The van der Waals surface area contributed by atoms with E-state index >= 15 is 0 Å². The molecule has 3 rings (SSSR count). The second-order valence-corrected chi connectivity index (χ2v) is 3.82. The summed E-state index contributed by atoms with van der Waals surface area (Å²) in [6.07, 6.45) is 1.31. The fourth-order valence-corrected chi connectivity index (χ4v) is 2.18. The van der Waals surface area contributed by atoms with Crippen LogP contribution in [0.3, 0.4) is 0 Å². The van der Waals surface area contributed by atoms with E-state index in [1.807, 2.05) is 35.4 Å². The topological polar surface area (TPSA) is 29.5 Å². The lowest BCUT2D eigenvalue weighted by molar-refractivity contribution is -0.129. The molecule has 2 bridgehead atoms. The third kappa shape index (κ3) is 1.06. The van der Waals surface area contributed by atoms with E-state index in [9.17, 15) is 4.79 Å². The summed E-state index contributed by atoms with van der Waals surface area (Å²) < 4.78 is 0. The maximum atomic E-state index is 11.3. The highest BCUT2D eigenvalue weighted by molar-refractivity contribution is 5.88. The number of hydrogen-bond acceptors (Lipinski definition) is 3. The van der Waals surface area contributed by atoms with Crippen LogP contribution in [-0.2, 0) is 9.63 Å². The van der Waals surface area contributed by atoms with Crippen molar-refractivity contribution in [2.75, 3.05) is 5.06 Å². The summed E-state index contributed by atoms with van der Waals surface area (Å²) in [6.45, 7) is 0. The summed E-state index contributed by atoms with van der Waals surface area (Å²) >= 11 is 0. The van der Waals surface area contributed by atoms with Crippen molar-refractivity contribution >= 4 is 11.5 Å². The first kappa shape index (κ1) is 8.00. The molecule has 0 radical (unpaired) electrons. The van der Waals surface area contributed by atoms with Crippen molar-refractivity contribution in [3.63, 3.8) is 0 Å². The zero-order valence-electron chi connectivity index (χ0n) is 7.72. The summed E-state index contributed by atoms with van der Waals surface area (Å²) in [4.78, 5) is 16.8. The van der Waals surface area contributed by atoms with Gasteiger partial charge in [0.2, 0.25) is 0 Å². The average molecular weight is 189 g/mol. The lowest BCUT2D eigenvalue weighted by Gasteiger charge is -2.26. The number of rotatable bonds is 1. The van der Waals surface area contributed by atoms with Gasteiger partial charge in [-0.15, -0.1) is 0 Å². The molecule has 14 heavy (non-hydrogen) atoms. The molecule has 72 valence electrons. The van der Waals surface area contributed by atoms with Crippen LogP contribution in [0.5, 0.6) is 0 Å². The molecule has 2 aliphatic rings. The Hall–Kier alpha value is -1.35. The van der Waals surface area contributed by atoms with Gasteiger partial charge in [-0.05, 0) is 12.1 Å². The number of benzene rings is 1. The number of para-hydroxylation sites is 1. The Balaban J connectivity index is 1.87. The minimum atomic E-state index is -0.180. The average Bonchev–Trinajstić information content (AvgIpc) is 2.77. The molecule has 0 spiro atoms. The zero-order chi connectivity index (χ0) is 9.54. The second kappa shape index (κ2) is 2.82. The van der Waals surface area contributed by atoms with Gasteiger partial charge in [0.1, 0.15) is 6.10 Å². The van der Waals surface area contributed by atoms with Crippen LogP contribution in [0, 0.1) is 0 Å². The molecule has 0 aromatic heterocycles. The van der Waals surface area contributed by atoms with Crippen LogP contribution in [0.1, 0.15) is 12.8 Å². The molecule has 0 amide bonds. The summed E-state index contributed by atoms with van der Waals surface area (Å²) in [6, 6.07) is 10.2. The molecule has 1 aromatic rings. The fraction of sp³-hybridized carbons (Fsp3) is 0.364. The third-order valence-corrected chi connectivity index (χ3v) is 2.87. The van der Waals surface area contributed by atoms with E-state index < -0.39 is 0 Å². The van der Waals surface area contributed by atoms with Gasteiger partial charge in [0.15, 0.2) is 5.78 Å². The van der Waals surface area contributed by atoms with Crippen molar-refractivity contribution in [3.8, 4) is 0 Å². The van der Waals surface area contributed by atoms with Crippen LogP contribution in [0.4, 0.5) is 5.69 Å². The van der Waals surface area contributed by atoms with Crippen molar-refractivity contribution in [2.24, 2.45) is 0 Å². The Kier molecular flexibility index (Phi) is 1.61. The minimum Gasteiger partial charge on any atom is -0.297 e. The molecule has 1 aromatic carbocycles. The number of hydroxylamine groups is 1. The number of fused-ring (bicyclic) bond motifs is 2. The number of Topliss-reactive ketones (excluding diaryl/α,β-unsaturated/α-hetero) is 1. The largest absolute Gasteiger partial charge is 0.297 e. The Morgan fingerprint density at radius 1 is 1.29 bits per heavy atom. The van der Waals surface area contributed by atoms with Gasteiger partial charge in [-0.1, -0.05) is 18.2 Å². The van der Waals surface area contributed by atoms with Crippen molar-refractivity contribution < 1.29 is 9.63 Å². The van der Waals surface area contributed by atoms with Crippen molar-refractivity contribution in [1.29, 1.82) is 0 Å². The van der Waals surface area contributed by atoms with E-state index in [4.69, 9.17) is 4.84 Å². The molecule has 1 heterocycles. The summed E-state index contributed by atoms with van der Waals surface area (Å²) in [5, 5.41) is 1.88. The van der Waals surface area contributed by atoms with E-state index in [1.54, 1.807) is 0 Å². The summed E-state index contributed by atoms with van der Waals surface area (Å²) in [5.41, 5.74) is 1.05. The molecule has 0 N–H and O–H groups in total. The fourth-order valence-electron chi connectivity index (χ4n) is 2.18. The first-order valence-electron chi connectivity index (χ1n) is 4.88. The van der Waals surface area contributed by atoms with Gasteiger partial charge >= 0.3 is 0 Å². The summed E-state index contributed by atoms with van der Waals surface area (Å²) in [5.74, 6) is 0.252. The predicted octanol–water partition coefficient (Wildman–Crippen LogP) is 1.54. The van der Waals surface area contributed by atoms with Crippen LogP contribution in [0.25, 0.3) is 0 Å². The zero-order valence-corrected chi connectivity index (χ0v) is 7.72. The summed E-state index contributed by atoms with van der Waals surface area (Å²) in [7, 11) is 0. The second-order valence-electron chi connectivity index (χ2n) is 3.82. The highest BCUT2D eigenvalue weighted by Crippen LogP contribution is 2.35. The number of ketones is 1. The Labute approximate surface area is 82.2 Å². The molecule has 3 nitrogen and oxygen atoms in total. The van der Waals surface area contributed by atoms with Crippen LogP contribution in [-0.4, -0.2) is 17.9 Å². The van der Waals surface area contributed by atoms with Gasteiger partial charge in [0.05, 0.1) is 11.7 Å². The molecule has 2 unspecified atom stereocenters. The Morgan fingerprint density at radius 2 is 2.07 bits per heavy atom. The SMILES string of the molecule is O=C1CC2CC1ON2c1ccccc1. The Morgan fingerprint density at radius 3 is 2.64 bits per heavy atom. The van der Waals surface area contributed by atoms with E-state index in [2.05, 4.69) is 0 Å². The van der Waals surface area contributed by atoms with E-state index in [0.29, 0.717) is 6.42 Å². The van der Waals surface area contributed by atoms with E-state index in [-0.39, 0.29) is 17.9 Å². The molecule has 2 fully saturated rings. The van der Waals surface area contributed by atoms with Crippen LogP contribution >= 0.6 is 0 Å². The minimum absolute atomic E-state index is 0.180. The molecule has 1 saturated heterocycles. The van der Waals surface area contributed by atoms with Crippen molar-refractivity contribution in [1.82, 2.24) is 0 Å². The lowest BCUT2D eigenvalue weighted by atomic mass is 10.2. The molecular weight excluding hydrogens is 178 g/mol. The van der Waals surface area contributed by atoms with Gasteiger partial charge in [-0.25, -0.2) is 5.06 Å². The third-order valence-electron chi connectivity index (χ3n) is 2.87. The van der Waals surface area contributed by atoms with Crippen LogP contribution < -0.4 is 5.06 Å².